The number of ether oxygens (including phenoxy) is 2. The average Bonchev–Trinajstić information content (AvgIpc) is 2.63. The summed E-state index contributed by atoms with van der Waals surface area (Å²) in [6.07, 6.45) is 3.14. The van der Waals surface area contributed by atoms with E-state index in [1.807, 2.05) is 4.90 Å². The molecule has 1 aromatic carbocycles. The summed E-state index contributed by atoms with van der Waals surface area (Å²) in [6.45, 7) is 2.84. The van der Waals surface area contributed by atoms with Gasteiger partial charge in [-0.2, -0.15) is 0 Å². The van der Waals surface area contributed by atoms with Gasteiger partial charge in [0.1, 0.15) is 5.75 Å². The van der Waals surface area contributed by atoms with Crippen molar-refractivity contribution in [3.8, 4) is 5.75 Å². The second-order valence-electron chi connectivity index (χ2n) is 5.30. The van der Waals surface area contributed by atoms with Crippen molar-refractivity contribution in [3.05, 3.63) is 35.6 Å². The molecule has 25 heavy (non-hydrogen) atoms. The monoisotopic (exact) mass is 363 g/mol. The summed E-state index contributed by atoms with van der Waals surface area (Å²) in [5, 5.41) is 5.78. The first-order valence-corrected chi connectivity index (χ1v) is 8.10. The number of rotatable bonds is 4. The fourth-order valence-corrected chi connectivity index (χ4v) is 2.61. The van der Waals surface area contributed by atoms with E-state index in [2.05, 4.69) is 20.6 Å². The van der Waals surface area contributed by atoms with E-state index < -0.39 is 6.03 Å². The number of benzene rings is 1. The minimum Gasteiger partial charge on any atom is -0.495 e. The molecule has 0 saturated carbocycles. The molecule has 3 rings (SSSR count). The Kier molecular flexibility index (Phi) is 5.52. The van der Waals surface area contributed by atoms with Crippen LogP contribution in [0.3, 0.4) is 0 Å². The van der Waals surface area contributed by atoms with Crippen LogP contribution >= 0.6 is 11.6 Å². The van der Waals surface area contributed by atoms with Crippen LogP contribution in [-0.2, 0) is 4.74 Å². The van der Waals surface area contributed by atoms with Crippen molar-refractivity contribution in [2.24, 2.45) is 0 Å². The molecular formula is C16H18ClN5O3. The Morgan fingerprint density at radius 2 is 1.88 bits per heavy atom. The van der Waals surface area contributed by atoms with Gasteiger partial charge < -0.3 is 25.0 Å². The maximum atomic E-state index is 12.1. The largest absolute Gasteiger partial charge is 0.495 e. The molecule has 0 bridgehead atoms. The van der Waals surface area contributed by atoms with Gasteiger partial charge in [-0.15, -0.1) is 0 Å². The molecule has 9 heteroatoms. The van der Waals surface area contributed by atoms with Gasteiger partial charge >= 0.3 is 6.03 Å². The van der Waals surface area contributed by atoms with E-state index in [1.165, 1.54) is 7.11 Å². The number of halogens is 1. The second kappa shape index (κ2) is 8.00. The highest BCUT2D eigenvalue weighted by molar-refractivity contribution is 6.32. The minimum atomic E-state index is -0.413. The van der Waals surface area contributed by atoms with Gasteiger partial charge in [-0.1, -0.05) is 11.6 Å². The van der Waals surface area contributed by atoms with Crippen LogP contribution in [0.2, 0.25) is 5.02 Å². The molecule has 1 aromatic heterocycles. The van der Waals surface area contributed by atoms with Crippen molar-refractivity contribution in [1.29, 1.82) is 0 Å². The molecule has 132 valence electrons. The summed E-state index contributed by atoms with van der Waals surface area (Å²) >= 11 is 6.03. The first kappa shape index (κ1) is 17.2. The summed E-state index contributed by atoms with van der Waals surface area (Å²) in [5.74, 6) is 1.16. The fourth-order valence-electron chi connectivity index (χ4n) is 2.35. The Labute approximate surface area is 150 Å². The number of hydrogen-bond donors (Lipinski definition) is 2. The first-order valence-electron chi connectivity index (χ1n) is 7.72. The summed E-state index contributed by atoms with van der Waals surface area (Å²) in [5.41, 5.74) is 1.04. The van der Waals surface area contributed by atoms with Crippen LogP contribution in [0.5, 0.6) is 5.75 Å². The van der Waals surface area contributed by atoms with Gasteiger partial charge in [-0.3, -0.25) is 0 Å². The van der Waals surface area contributed by atoms with Gasteiger partial charge in [0, 0.05) is 18.8 Å². The predicted octanol–water partition coefficient (Wildman–Crippen LogP) is 2.62. The molecule has 2 N–H and O–H groups in total. The molecule has 1 fully saturated rings. The number of urea groups is 1. The Morgan fingerprint density at radius 1 is 1.20 bits per heavy atom. The molecular weight excluding hydrogens is 346 g/mol. The number of aromatic nitrogens is 2. The molecule has 0 spiro atoms. The molecule has 0 aliphatic carbocycles. The van der Waals surface area contributed by atoms with Gasteiger partial charge in [0.25, 0.3) is 0 Å². The lowest BCUT2D eigenvalue weighted by molar-refractivity contribution is 0.122. The SMILES string of the molecule is COc1ccc(NC(=O)Nc2cnc(N3CCOCC3)nc2)cc1Cl. The lowest BCUT2D eigenvalue weighted by Gasteiger charge is -2.26. The summed E-state index contributed by atoms with van der Waals surface area (Å²) in [4.78, 5) is 22.6. The number of nitrogens with one attached hydrogen (secondary N) is 2. The molecule has 0 radical (unpaired) electrons. The van der Waals surface area contributed by atoms with Crippen LogP contribution in [0.25, 0.3) is 0 Å². The van der Waals surface area contributed by atoms with Crippen molar-refractivity contribution in [2.75, 3.05) is 48.9 Å². The predicted molar refractivity (Wildman–Crippen MR) is 95.7 cm³/mol. The molecule has 2 heterocycles. The Hall–Kier alpha value is -2.58. The molecule has 2 aromatic rings. The zero-order chi connectivity index (χ0) is 17.6. The number of morpholine rings is 1. The lowest BCUT2D eigenvalue weighted by atomic mass is 10.3. The van der Waals surface area contributed by atoms with Crippen LogP contribution in [0.4, 0.5) is 22.1 Å². The van der Waals surface area contributed by atoms with Crippen molar-refractivity contribution < 1.29 is 14.3 Å². The highest BCUT2D eigenvalue weighted by Crippen LogP contribution is 2.27. The third-order valence-electron chi connectivity index (χ3n) is 3.60. The number of nitrogens with zero attached hydrogens (tertiary/aromatic N) is 3. The molecule has 2 amide bonds. The maximum Gasteiger partial charge on any atom is 0.323 e. The maximum absolute atomic E-state index is 12.1. The molecule has 1 aliphatic heterocycles. The highest BCUT2D eigenvalue weighted by atomic mass is 35.5. The zero-order valence-corrected chi connectivity index (χ0v) is 14.4. The number of methoxy groups -OCH3 is 1. The van der Waals surface area contributed by atoms with E-state index in [4.69, 9.17) is 21.1 Å². The Bertz CT molecular complexity index is 735. The third kappa shape index (κ3) is 4.49. The van der Waals surface area contributed by atoms with Crippen molar-refractivity contribution in [1.82, 2.24) is 9.97 Å². The van der Waals surface area contributed by atoms with E-state index in [-0.39, 0.29) is 0 Å². The van der Waals surface area contributed by atoms with Gasteiger partial charge in [-0.05, 0) is 18.2 Å². The Balaban J connectivity index is 1.58. The number of carbonyl (C=O) groups is 1. The smallest absolute Gasteiger partial charge is 0.323 e. The molecule has 0 atom stereocenters. The highest BCUT2D eigenvalue weighted by Gasteiger charge is 2.13. The fraction of sp³-hybridized carbons (Fsp3) is 0.312. The van der Waals surface area contributed by atoms with Crippen molar-refractivity contribution in [3.63, 3.8) is 0 Å². The molecule has 8 nitrogen and oxygen atoms in total. The second-order valence-corrected chi connectivity index (χ2v) is 5.71. The van der Waals surface area contributed by atoms with Crippen LogP contribution in [0, 0.1) is 0 Å². The van der Waals surface area contributed by atoms with Crippen LogP contribution in [0.15, 0.2) is 30.6 Å². The van der Waals surface area contributed by atoms with E-state index in [1.54, 1.807) is 30.6 Å². The number of hydrogen-bond acceptors (Lipinski definition) is 6. The van der Waals surface area contributed by atoms with E-state index in [0.29, 0.717) is 41.3 Å². The van der Waals surface area contributed by atoms with Gasteiger partial charge in [0.05, 0.1) is 43.4 Å². The third-order valence-corrected chi connectivity index (χ3v) is 3.90. The quantitative estimate of drug-likeness (QED) is 0.868. The standard InChI is InChI=1S/C16H18ClN5O3/c1-24-14-3-2-11(8-13(14)17)20-16(23)21-12-9-18-15(19-10-12)22-4-6-25-7-5-22/h2-3,8-10H,4-7H2,1H3,(H2,20,21,23). The van der Waals surface area contributed by atoms with Crippen LogP contribution in [-0.4, -0.2) is 49.4 Å². The van der Waals surface area contributed by atoms with E-state index in [0.717, 1.165) is 13.1 Å². The van der Waals surface area contributed by atoms with E-state index >= 15 is 0 Å². The van der Waals surface area contributed by atoms with E-state index in [9.17, 15) is 4.79 Å². The average molecular weight is 364 g/mol. The topological polar surface area (TPSA) is 88.6 Å². The van der Waals surface area contributed by atoms with Gasteiger partial charge in [-0.25, -0.2) is 14.8 Å². The molecule has 1 aliphatic rings. The first-order chi connectivity index (χ1) is 12.2. The van der Waals surface area contributed by atoms with Crippen molar-refractivity contribution >= 4 is 35.0 Å². The number of amides is 2. The zero-order valence-electron chi connectivity index (χ0n) is 13.7. The normalized spacial score (nSPS) is 14.1. The van der Waals surface area contributed by atoms with Crippen LogP contribution < -0.4 is 20.3 Å². The lowest BCUT2D eigenvalue weighted by Crippen LogP contribution is -2.37. The van der Waals surface area contributed by atoms with Crippen molar-refractivity contribution in [2.45, 2.75) is 0 Å². The molecule has 0 unspecified atom stereocenters. The summed E-state index contributed by atoms with van der Waals surface area (Å²) in [6, 6.07) is 4.57. The summed E-state index contributed by atoms with van der Waals surface area (Å²) < 4.78 is 10.4. The number of carbonyl (C=O) groups excluding carboxylic acids is 1. The van der Waals surface area contributed by atoms with Gasteiger partial charge in [0.2, 0.25) is 5.95 Å². The summed E-state index contributed by atoms with van der Waals surface area (Å²) in [7, 11) is 1.53. The molecule has 1 saturated heterocycles. The minimum absolute atomic E-state index is 0.413. The van der Waals surface area contributed by atoms with Crippen LogP contribution in [0.1, 0.15) is 0 Å². The van der Waals surface area contributed by atoms with Gasteiger partial charge in [0.15, 0.2) is 0 Å². The Morgan fingerprint density at radius 3 is 2.52 bits per heavy atom. The number of anilines is 3.